The van der Waals surface area contributed by atoms with Crippen molar-refractivity contribution >= 4 is 45.8 Å². The number of benzene rings is 3. The molecule has 2 heterocycles. The monoisotopic (exact) mass is 565 g/mol. The maximum atomic E-state index is 12.9. The summed E-state index contributed by atoms with van der Waals surface area (Å²) in [7, 11) is 3.85. The number of carbonyl (C=O) groups excluding carboxylic acids is 2. The van der Waals surface area contributed by atoms with Gasteiger partial charge in [-0.2, -0.15) is 0 Å². The largest absolute Gasteiger partial charge is 0.323 e. The van der Waals surface area contributed by atoms with Crippen molar-refractivity contribution in [3.8, 4) is 5.82 Å². The number of aromatic nitrogens is 4. The molecule has 41 heavy (non-hydrogen) atoms. The molecule has 206 valence electrons. The Labute approximate surface area is 242 Å². The Hall–Kier alpha value is -4.86. The number of nitrogens with zero attached hydrogens (tertiary/aromatic N) is 5. The molecule has 5 aromatic rings. The minimum Gasteiger partial charge on any atom is -0.323 e. The first-order valence-electron chi connectivity index (χ1n) is 12.9. The van der Waals surface area contributed by atoms with Crippen LogP contribution >= 0.6 is 11.6 Å². The van der Waals surface area contributed by atoms with Crippen molar-refractivity contribution in [1.29, 1.82) is 0 Å². The Morgan fingerprint density at radius 1 is 0.951 bits per heavy atom. The Kier molecular flexibility index (Phi) is 8.47. The van der Waals surface area contributed by atoms with Crippen LogP contribution in [-0.2, 0) is 11.2 Å². The van der Waals surface area contributed by atoms with Crippen LogP contribution in [-0.4, -0.2) is 56.9 Å². The smallest absolute Gasteiger partial charge is 0.255 e. The first-order valence-corrected chi connectivity index (χ1v) is 13.3. The number of imidazole rings is 1. The molecule has 0 aliphatic rings. The summed E-state index contributed by atoms with van der Waals surface area (Å²) >= 11 is 6.45. The van der Waals surface area contributed by atoms with Crippen LogP contribution in [0.15, 0.2) is 97.5 Å². The molecule has 5 rings (SSSR count). The molecule has 9 nitrogen and oxygen atoms in total. The molecule has 0 aliphatic carbocycles. The van der Waals surface area contributed by atoms with Crippen molar-refractivity contribution in [3.05, 3.63) is 119 Å². The summed E-state index contributed by atoms with van der Waals surface area (Å²) in [5.41, 5.74) is 4.39. The quantitative estimate of drug-likeness (QED) is 0.233. The number of amides is 2. The van der Waals surface area contributed by atoms with Gasteiger partial charge in [-0.1, -0.05) is 41.9 Å². The van der Waals surface area contributed by atoms with Gasteiger partial charge < -0.3 is 15.5 Å². The second-order valence-electron chi connectivity index (χ2n) is 9.62. The van der Waals surface area contributed by atoms with Crippen LogP contribution in [0.3, 0.4) is 0 Å². The van der Waals surface area contributed by atoms with Crippen molar-refractivity contribution in [3.63, 3.8) is 0 Å². The van der Waals surface area contributed by atoms with E-state index < -0.39 is 0 Å². The highest BCUT2D eigenvalue weighted by molar-refractivity contribution is 6.32. The van der Waals surface area contributed by atoms with Crippen LogP contribution < -0.4 is 10.6 Å². The molecule has 2 N–H and O–H groups in total. The molecule has 0 unspecified atom stereocenters. The first-order chi connectivity index (χ1) is 19.9. The number of rotatable bonds is 9. The van der Waals surface area contributed by atoms with Crippen LogP contribution in [0.4, 0.5) is 11.4 Å². The fourth-order valence-corrected chi connectivity index (χ4v) is 4.36. The van der Waals surface area contributed by atoms with Gasteiger partial charge in [-0.3, -0.25) is 14.2 Å². The molecular weight excluding hydrogens is 538 g/mol. The van der Waals surface area contributed by atoms with E-state index in [9.17, 15) is 9.59 Å². The molecule has 0 spiro atoms. The lowest BCUT2D eigenvalue weighted by atomic mass is 10.1. The second kappa shape index (κ2) is 12.5. The second-order valence-corrected chi connectivity index (χ2v) is 10.0. The Morgan fingerprint density at radius 3 is 2.56 bits per heavy atom. The van der Waals surface area contributed by atoms with Crippen molar-refractivity contribution in [2.75, 3.05) is 31.3 Å². The van der Waals surface area contributed by atoms with Crippen LogP contribution in [0.5, 0.6) is 0 Å². The van der Waals surface area contributed by atoms with Gasteiger partial charge in [0.1, 0.15) is 17.2 Å². The maximum absolute atomic E-state index is 12.9. The van der Waals surface area contributed by atoms with E-state index >= 15 is 0 Å². The zero-order valence-electron chi connectivity index (χ0n) is 22.6. The summed E-state index contributed by atoms with van der Waals surface area (Å²) in [6.07, 6.45) is 7.00. The van der Waals surface area contributed by atoms with Crippen LogP contribution in [0.1, 0.15) is 21.7 Å². The van der Waals surface area contributed by atoms with E-state index in [4.69, 9.17) is 16.6 Å². The van der Waals surface area contributed by atoms with Crippen molar-refractivity contribution in [2.24, 2.45) is 0 Å². The Morgan fingerprint density at radius 2 is 1.76 bits per heavy atom. The summed E-state index contributed by atoms with van der Waals surface area (Å²) in [5, 5.41) is 6.14. The fourth-order valence-electron chi connectivity index (χ4n) is 4.18. The van der Waals surface area contributed by atoms with E-state index in [0.29, 0.717) is 46.6 Å². The van der Waals surface area contributed by atoms with E-state index in [1.165, 1.54) is 6.08 Å². The normalized spacial score (nSPS) is 11.3. The lowest BCUT2D eigenvalue weighted by molar-refractivity contribution is -0.111. The zero-order chi connectivity index (χ0) is 28.8. The Bertz CT molecular complexity index is 1730. The van der Waals surface area contributed by atoms with Crippen molar-refractivity contribution in [2.45, 2.75) is 6.42 Å². The van der Waals surface area contributed by atoms with Gasteiger partial charge in [0.15, 0.2) is 5.82 Å². The lowest BCUT2D eigenvalue weighted by Gasteiger charge is -2.10. The number of hydrogen-bond acceptors (Lipinski definition) is 6. The van der Waals surface area contributed by atoms with Crippen molar-refractivity contribution < 1.29 is 9.59 Å². The SMILES string of the molecule is CN(C)C/C=C/C(=O)Nc1ccc(C(=O)Nc2cccc(Cc3ncc(Cl)c(-n4cnc5ccccc54)n3)c2)cc1. The molecule has 0 saturated carbocycles. The van der Waals surface area contributed by atoms with Crippen LogP contribution in [0.25, 0.3) is 16.9 Å². The number of halogens is 1. The number of fused-ring (bicyclic) bond motifs is 1. The minimum absolute atomic E-state index is 0.226. The minimum atomic E-state index is -0.261. The predicted molar refractivity (Wildman–Crippen MR) is 162 cm³/mol. The molecule has 2 amide bonds. The Balaban J connectivity index is 1.24. The third-order valence-corrected chi connectivity index (χ3v) is 6.43. The van der Waals surface area contributed by atoms with Crippen LogP contribution in [0.2, 0.25) is 5.02 Å². The summed E-state index contributed by atoms with van der Waals surface area (Å²) in [6.45, 7) is 0.671. The molecule has 0 saturated heterocycles. The standard InChI is InChI=1S/C31H28ClN7O2/c1-38(2)16-6-11-29(40)35-23-14-12-22(13-15-23)31(41)36-24-8-5-7-21(17-24)18-28-33-19-25(32)30(37-28)39-20-34-26-9-3-4-10-27(26)39/h3-15,17,19-20H,16,18H2,1-2H3,(H,35,40)(H,36,41)/b11-6+. The summed E-state index contributed by atoms with van der Waals surface area (Å²) in [6, 6.07) is 22.0. The highest BCUT2D eigenvalue weighted by atomic mass is 35.5. The number of likely N-dealkylation sites (N-methyl/N-ethyl adjacent to an activating group) is 1. The number of anilines is 2. The van der Waals surface area contributed by atoms with Gasteiger partial charge >= 0.3 is 0 Å². The van der Waals surface area contributed by atoms with Gasteiger partial charge in [-0.15, -0.1) is 0 Å². The van der Waals surface area contributed by atoms with Gasteiger partial charge in [-0.25, -0.2) is 15.0 Å². The zero-order valence-corrected chi connectivity index (χ0v) is 23.3. The molecule has 0 fully saturated rings. The van der Waals surface area contributed by atoms with Gasteiger partial charge in [0.2, 0.25) is 5.91 Å². The summed E-state index contributed by atoms with van der Waals surface area (Å²) < 4.78 is 1.85. The summed E-state index contributed by atoms with van der Waals surface area (Å²) in [4.78, 5) is 40.4. The third kappa shape index (κ3) is 7.02. The predicted octanol–water partition coefficient (Wildman–Crippen LogP) is 5.37. The maximum Gasteiger partial charge on any atom is 0.255 e. The van der Waals surface area contributed by atoms with Gasteiger partial charge in [0.25, 0.3) is 5.91 Å². The average Bonchev–Trinajstić information content (AvgIpc) is 3.38. The van der Waals surface area contributed by atoms with Gasteiger partial charge in [-0.05, 0) is 68.2 Å². The lowest BCUT2D eigenvalue weighted by Crippen LogP contribution is -2.14. The molecule has 0 radical (unpaired) electrons. The number of carbonyl (C=O) groups is 2. The van der Waals surface area contributed by atoms with Crippen LogP contribution in [0, 0.1) is 0 Å². The average molecular weight is 566 g/mol. The van der Waals surface area contributed by atoms with Gasteiger partial charge in [0, 0.05) is 36.0 Å². The molecule has 0 bridgehead atoms. The molecule has 2 aromatic heterocycles. The summed E-state index contributed by atoms with van der Waals surface area (Å²) in [5.74, 6) is 0.651. The van der Waals surface area contributed by atoms with E-state index in [2.05, 4.69) is 20.6 Å². The van der Waals surface area contributed by atoms with Crippen molar-refractivity contribution in [1.82, 2.24) is 24.4 Å². The van der Waals surface area contributed by atoms with E-state index in [1.807, 2.05) is 72.1 Å². The topological polar surface area (TPSA) is 105 Å². The highest BCUT2D eigenvalue weighted by Gasteiger charge is 2.13. The fraction of sp³-hybridized carbons (Fsp3) is 0.129. The number of hydrogen-bond donors (Lipinski definition) is 2. The van der Waals surface area contributed by atoms with Gasteiger partial charge in [0.05, 0.1) is 17.2 Å². The molecule has 0 aliphatic heterocycles. The third-order valence-electron chi connectivity index (χ3n) is 6.16. The van der Waals surface area contributed by atoms with E-state index in [0.717, 1.165) is 16.6 Å². The van der Waals surface area contributed by atoms with E-state index in [1.54, 1.807) is 42.9 Å². The molecule has 3 aromatic carbocycles. The van der Waals surface area contributed by atoms with E-state index in [-0.39, 0.29) is 11.8 Å². The number of nitrogens with one attached hydrogen (secondary N) is 2. The molecular formula is C31H28ClN7O2. The molecule has 10 heteroatoms. The highest BCUT2D eigenvalue weighted by Crippen LogP contribution is 2.23. The molecule has 0 atom stereocenters. The number of para-hydroxylation sites is 2. The first kappa shape index (κ1) is 27.7.